The molecule has 0 bridgehead atoms. The van der Waals surface area contributed by atoms with Crippen LogP contribution in [-0.2, 0) is 4.79 Å². The van der Waals surface area contributed by atoms with E-state index in [9.17, 15) is 14.0 Å². The molecule has 3 N–H and O–H groups in total. The van der Waals surface area contributed by atoms with Crippen LogP contribution in [0, 0.1) is 11.7 Å². The summed E-state index contributed by atoms with van der Waals surface area (Å²) in [4.78, 5) is 36.2. The number of rotatable bonds is 9. The van der Waals surface area contributed by atoms with Crippen LogP contribution in [0.1, 0.15) is 23.2 Å². The summed E-state index contributed by atoms with van der Waals surface area (Å²) in [5.74, 6) is -0.0617. The molecular formula is C29H32Cl2FN7O3. The maximum Gasteiger partial charge on any atom is 0.255 e. The molecule has 0 aliphatic carbocycles. The Bertz CT molecular complexity index is 1570. The Morgan fingerprint density at radius 2 is 1.90 bits per heavy atom. The molecule has 2 amide bonds. The molecule has 0 saturated carbocycles. The van der Waals surface area contributed by atoms with E-state index >= 15 is 0 Å². The number of nitrogens with zero attached hydrogens (tertiary/aromatic N) is 4. The third-order valence-corrected chi connectivity index (χ3v) is 7.48. The highest BCUT2D eigenvalue weighted by molar-refractivity contribution is 6.34. The van der Waals surface area contributed by atoms with Crippen LogP contribution in [0.5, 0.6) is 5.75 Å². The topological polar surface area (TPSA) is 113 Å². The number of halogens is 3. The summed E-state index contributed by atoms with van der Waals surface area (Å²) in [5.41, 5.74) is 2.88. The number of benzene rings is 2. The zero-order valence-electron chi connectivity index (χ0n) is 23.2. The van der Waals surface area contributed by atoms with Crippen molar-refractivity contribution in [3.8, 4) is 17.0 Å². The first-order valence-corrected chi connectivity index (χ1v) is 13.7. The summed E-state index contributed by atoms with van der Waals surface area (Å²) in [6, 6.07) is 9.84. The highest BCUT2D eigenvalue weighted by atomic mass is 35.5. The largest absolute Gasteiger partial charge is 0.494 e. The molecule has 1 fully saturated rings. The van der Waals surface area contributed by atoms with Gasteiger partial charge in [0.1, 0.15) is 0 Å². The van der Waals surface area contributed by atoms with Gasteiger partial charge in [0.15, 0.2) is 23.0 Å². The number of anilines is 2. The highest BCUT2D eigenvalue weighted by Crippen LogP contribution is 2.30. The van der Waals surface area contributed by atoms with Gasteiger partial charge >= 0.3 is 0 Å². The lowest BCUT2D eigenvalue weighted by molar-refractivity contribution is -0.126. The van der Waals surface area contributed by atoms with Crippen molar-refractivity contribution in [2.75, 3.05) is 45.7 Å². The Morgan fingerprint density at radius 1 is 1.12 bits per heavy atom. The first kappa shape index (κ1) is 31.0. The van der Waals surface area contributed by atoms with Crippen LogP contribution >= 0.6 is 24.0 Å². The molecule has 42 heavy (non-hydrogen) atoms. The molecule has 4 aromatic rings. The number of hydrogen-bond acceptors (Lipinski definition) is 7. The molecule has 0 atom stereocenters. The second kappa shape index (κ2) is 13.8. The first-order chi connectivity index (χ1) is 19.9. The standard InChI is InChI=1S/C29H31ClFN7O3.ClH/c1-32-9-10-34-28(39)18-7-12-37(13-8-18)29(40)21-5-4-20(16-22(21)30)36-26-27-35-17-24(38(27)14-11-33-26)19-3-6-25(41-2)23(31)15-19;/h3-6,11,14-18,32H,7-10,12-13H2,1-2H3,(H,33,36)(H,34,39);1H. The molecule has 0 spiro atoms. The van der Waals surface area contributed by atoms with E-state index in [1.807, 2.05) is 7.05 Å². The van der Waals surface area contributed by atoms with Gasteiger partial charge in [0.25, 0.3) is 5.91 Å². The van der Waals surface area contributed by atoms with Gasteiger partial charge in [-0.25, -0.2) is 14.4 Å². The highest BCUT2D eigenvalue weighted by Gasteiger charge is 2.28. The van der Waals surface area contributed by atoms with Crippen LogP contribution in [0.3, 0.4) is 0 Å². The minimum absolute atomic E-state index is 0. The van der Waals surface area contributed by atoms with E-state index in [-0.39, 0.29) is 35.9 Å². The van der Waals surface area contributed by atoms with E-state index in [1.165, 1.54) is 13.2 Å². The number of methoxy groups -OCH3 is 1. The van der Waals surface area contributed by atoms with E-state index in [2.05, 4.69) is 25.9 Å². The SMILES string of the molecule is CNCCNC(=O)C1CCN(C(=O)c2ccc(Nc3nccn4c(-c5ccc(OC)c(F)c5)cnc34)cc2Cl)CC1.Cl. The van der Waals surface area contributed by atoms with Crippen LogP contribution in [-0.4, -0.2) is 71.4 Å². The monoisotopic (exact) mass is 615 g/mol. The number of likely N-dealkylation sites (N-methyl/N-ethyl adjacent to an activating group) is 1. The van der Waals surface area contributed by atoms with E-state index in [0.29, 0.717) is 78.0 Å². The molecule has 2 aromatic carbocycles. The molecule has 222 valence electrons. The second-order valence-electron chi connectivity index (χ2n) is 9.74. The molecule has 0 unspecified atom stereocenters. The predicted octanol–water partition coefficient (Wildman–Crippen LogP) is 4.55. The van der Waals surface area contributed by atoms with Crippen molar-refractivity contribution in [2.24, 2.45) is 5.92 Å². The molecule has 5 rings (SSSR count). The van der Waals surface area contributed by atoms with Crippen molar-refractivity contribution in [2.45, 2.75) is 12.8 Å². The lowest BCUT2D eigenvalue weighted by Gasteiger charge is -2.31. The number of amides is 2. The normalized spacial score (nSPS) is 13.5. The van der Waals surface area contributed by atoms with Gasteiger partial charge in [-0.15, -0.1) is 12.4 Å². The van der Waals surface area contributed by atoms with Gasteiger partial charge in [-0.2, -0.15) is 0 Å². The predicted molar refractivity (Wildman–Crippen MR) is 162 cm³/mol. The maximum absolute atomic E-state index is 14.3. The van der Waals surface area contributed by atoms with Crippen molar-refractivity contribution in [3.63, 3.8) is 0 Å². The molecule has 1 aliphatic heterocycles. The minimum atomic E-state index is -0.466. The smallest absolute Gasteiger partial charge is 0.255 e. The van der Waals surface area contributed by atoms with Gasteiger partial charge in [0.05, 0.1) is 29.6 Å². The molecule has 1 aliphatic rings. The number of carbonyl (C=O) groups is 2. The van der Waals surface area contributed by atoms with E-state index in [0.717, 1.165) is 0 Å². The summed E-state index contributed by atoms with van der Waals surface area (Å²) in [7, 11) is 3.26. The van der Waals surface area contributed by atoms with Crippen LogP contribution in [0.2, 0.25) is 5.02 Å². The van der Waals surface area contributed by atoms with Crippen molar-refractivity contribution in [3.05, 3.63) is 71.4 Å². The summed E-state index contributed by atoms with van der Waals surface area (Å²) in [6.07, 6.45) is 6.23. The summed E-state index contributed by atoms with van der Waals surface area (Å²) >= 11 is 6.56. The lowest BCUT2D eigenvalue weighted by atomic mass is 9.95. The van der Waals surface area contributed by atoms with Gasteiger partial charge in [-0.3, -0.25) is 14.0 Å². The van der Waals surface area contributed by atoms with Gasteiger partial charge in [-0.1, -0.05) is 11.6 Å². The van der Waals surface area contributed by atoms with Crippen LogP contribution in [0.15, 0.2) is 55.0 Å². The van der Waals surface area contributed by atoms with Crippen molar-refractivity contribution < 1.29 is 18.7 Å². The number of carbonyl (C=O) groups excluding carboxylic acids is 2. The van der Waals surface area contributed by atoms with Crippen molar-refractivity contribution in [1.82, 2.24) is 29.9 Å². The van der Waals surface area contributed by atoms with Crippen LogP contribution < -0.4 is 20.7 Å². The van der Waals surface area contributed by atoms with E-state index in [4.69, 9.17) is 16.3 Å². The summed E-state index contributed by atoms with van der Waals surface area (Å²) in [6.45, 7) is 2.28. The molecule has 3 heterocycles. The fourth-order valence-corrected chi connectivity index (χ4v) is 5.18. The average molecular weight is 617 g/mol. The van der Waals surface area contributed by atoms with Gasteiger partial charge < -0.3 is 25.6 Å². The third kappa shape index (κ3) is 6.59. The maximum atomic E-state index is 14.3. The number of likely N-dealkylation sites (tertiary alicyclic amines) is 1. The third-order valence-electron chi connectivity index (χ3n) is 7.17. The molecule has 0 radical (unpaired) electrons. The molecule has 13 heteroatoms. The Balaban J connectivity index is 0.00000405. The molecule has 10 nitrogen and oxygen atoms in total. The first-order valence-electron chi connectivity index (χ1n) is 13.3. The number of piperidine rings is 1. The zero-order chi connectivity index (χ0) is 28.9. The number of hydrogen-bond donors (Lipinski definition) is 3. The van der Waals surface area contributed by atoms with Gasteiger partial charge in [0, 0.05) is 55.7 Å². The van der Waals surface area contributed by atoms with Crippen LogP contribution in [0.4, 0.5) is 15.9 Å². The Hall–Kier alpha value is -3.93. The Labute approximate surface area is 254 Å². The second-order valence-corrected chi connectivity index (χ2v) is 10.2. The summed E-state index contributed by atoms with van der Waals surface area (Å²) < 4.78 is 21.1. The van der Waals surface area contributed by atoms with Gasteiger partial charge in [-0.05, 0) is 56.3 Å². The molecule has 1 saturated heterocycles. The Kier molecular flexibility index (Phi) is 10.2. The fraction of sp³-hybridized carbons (Fsp3) is 0.310. The Morgan fingerprint density at radius 3 is 2.60 bits per heavy atom. The average Bonchev–Trinajstić information content (AvgIpc) is 3.42. The van der Waals surface area contributed by atoms with Crippen LogP contribution in [0.25, 0.3) is 16.9 Å². The number of fused-ring (bicyclic) bond motifs is 1. The lowest BCUT2D eigenvalue weighted by Crippen LogP contribution is -2.44. The van der Waals surface area contributed by atoms with E-state index in [1.54, 1.807) is 58.2 Å². The molecule has 2 aromatic heterocycles. The minimum Gasteiger partial charge on any atom is -0.494 e. The number of imidazole rings is 1. The zero-order valence-corrected chi connectivity index (χ0v) is 24.8. The fourth-order valence-electron chi connectivity index (χ4n) is 4.92. The van der Waals surface area contributed by atoms with Gasteiger partial charge in [0.2, 0.25) is 5.91 Å². The number of aromatic nitrogens is 3. The number of ether oxygens (including phenoxy) is 1. The molecular weight excluding hydrogens is 584 g/mol. The van der Waals surface area contributed by atoms with Crippen molar-refractivity contribution >= 4 is 53.0 Å². The van der Waals surface area contributed by atoms with Crippen molar-refractivity contribution in [1.29, 1.82) is 0 Å². The summed E-state index contributed by atoms with van der Waals surface area (Å²) in [5, 5.41) is 9.45. The number of nitrogens with one attached hydrogen (secondary N) is 3. The van der Waals surface area contributed by atoms with E-state index < -0.39 is 5.82 Å². The quantitative estimate of drug-likeness (QED) is 0.237.